The fourth-order valence-corrected chi connectivity index (χ4v) is 2.17. The van der Waals surface area contributed by atoms with Crippen molar-refractivity contribution in [2.24, 2.45) is 0 Å². The Hall–Kier alpha value is -0.420. The highest BCUT2D eigenvalue weighted by molar-refractivity contribution is 9.10. The fraction of sp³-hybridized carbons (Fsp3) is 0.750. The molecule has 0 spiro atoms. The zero-order chi connectivity index (χ0) is 9.26. The van der Waals surface area contributed by atoms with Crippen LogP contribution in [0, 0.1) is 0 Å². The molecule has 0 unspecified atom stereocenters. The minimum absolute atomic E-state index is 0.521. The summed E-state index contributed by atoms with van der Waals surface area (Å²) in [6.45, 7) is 2.30. The second-order valence-corrected chi connectivity index (χ2v) is 4.35. The minimum Gasteiger partial charge on any atom is -0.306 e. The zero-order valence-electron chi connectivity index (χ0n) is 7.65. The van der Waals surface area contributed by atoms with Gasteiger partial charge in [0.25, 0.3) is 0 Å². The summed E-state index contributed by atoms with van der Waals surface area (Å²) in [4.78, 5) is 2.35. The molecular formula is C8H13BrN4. The minimum atomic E-state index is 0.521. The van der Waals surface area contributed by atoms with Crippen LogP contribution in [0.25, 0.3) is 0 Å². The van der Waals surface area contributed by atoms with Crippen LogP contribution in [0.4, 0.5) is 0 Å². The van der Waals surface area contributed by atoms with E-state index in [4.69, 9.17) is 0 Å². The second kappa shape index (κ2) is 3.75. The topological polar surface area (TPSA) is 34.0 Å². The largest absolute Gasteiger partial charge is 0.306 e. The number of nitrogens with zero attached hydrogens (tertiary/aromatic N) is 4. The van der Waals surface area contributed by atoms with Crippen molar-refractivity contribution in [1.29, 1.82) is 0 Å². The maximum atomic E-state index is 4.07. The summed E-state index contributed by atoms with van der Waals surface area (Å²) >= 11 is 3.44. The highest BCUT2D eigenvalue weighted by Gasteiger charge is 2.20. The Morgan fingerprint density at radius 2 is 2.15 bits per heavy atom. The van der Waals surface area contributed by atoms with E-state index in [1.165, 1.54) is 12.8 Å². The molecule has 0 aromatic carbocycles. The summed E-state index contributed by atoms with van der Waals surface area (Å²) < 4.78 is 2.97. The molecular weight excluding hydrogens is 232 g/mol. The molecule has 0 atom stereocenters. The van der Waals surface area contributed by atoms with Gasteiger partial charge in [0, 0.05) is 0 Å². The third-order valence-corrected chi connectivity index (χ3v) is 3.13. The van der Waals surface area contributed by atoms with Crippen LogP contribution in [0.5, 0.6) is 0 Å². The van der Waals surface area contributed by atoms with Crippen LogP contribution >= 0.6 is 15.9 Å². The van der Waals surface area contributed by atoms with Gasteiger partial charge in [0.1, 0.15) is 4.60 Å². The molecule has 0 bridgehead atoms. The van der Waals surface area contributed by atoms with Crippen molar-refractivity contribution in [2.45, 2.75) is 18.9 Å². The fourth-order valence-electron chi connectivity index (χ4n) is 1.72. The van der Waals surface area contributed by atoms with E-state index >= 15 is 0 Å². The monoisotopic (exact) mass is 244 g/mol. The van der Waals surface area contributed by atoms with E-state index in [-0.39, 0.29) is 0 Å². The smallest absolute Gasteiger partial charge is 0.124 e. The molecule has 13 heavy (non-hydrogen) atoms. The maximum absolute atomic E-state index is 4.07. The van der Waals surface area contributed by atoms with Gasteiger partial charge < -0.3 is 4.90 Å². The van der Waals surface area contributed by atoms with Crippen molar-refractivity contribution in [3.05, 3.63) is 10.8 Å². The molecule has 0 aliphatic carbocycles. The highest BCUT2D eigenvalue weighted by Crippen LogP contribution is 2.23. The van der Waals surface area contributed by atoms with Crippen LogP contribution < -0.4 is 0 Å². The van der Waals surface area contributed by atoms with Gasteiger partial charge in [-0.2, -0.15) is 0 Å². The maximum Gasteiger partial charge on any atom is 0.124 e. The second-order valence-electron chi connectivity index (χ2n) is 3.54. The third kappa shape index (κ3) is 1.91. The lowest BCUT2D eigenvalue weighted by Crippen LogP contribution is -2.31. The first-order valence-corrected chi connectivity index (χ1v) is 5.31. The lowest BCUT2D eigenvalue weighted by atomic mass is 10.1. The number of piperidine rings is 1. The number of rotatable bonds is 1. The first kappa shape index (κ1) is 9.15. The molecule has 2 rings (SSSR count). The van der Waals surface area contributed by atoms with E-state index in [2.05, 4.69) is 38.2 Å². The molecule has 0 N–H and O–H groups in total. The average molecular weight is 245 g/mol. The summed E-state index contributed by atoms with van der Waals surface area (Å²) in [5.74, 6) is 0. The van der Waals surface area contributed by atoms with E-state index in [1.54, 1.807) is 6.20 Å². The van der Waals surface area contributed by atoms with Crippen LogP contribution in [0.15, 0.2) is 10.8 Å². The Balaban J connectivity index is 2.06. The average Bonchev–Trinajstić information content (AvgIpc) is 2.53. The van der Waals surface area contributed by atoms with Crippen LogP contribution in [-0.2, 0) is 0 Å². The van der Waals surface area contributed by atoms with Gasteiger partial charge in [-0.3, -0.25) is 0 Å². The van der Waals surface area contributed by atoms with E-state index in [0.717, 1.165) is 17.7 Å². The molecule has 1 aromatic heterocycles. The molecule has 1 aliphatic heterocycles. The van der Waals surface area contributed by atoms with Gasteiger partial charge in [-0.1, -0.05) is 5.21 Å². The Bertz CT molecular complexity index is 277. The predicted molar refractivity (Wildman–Crippen MR) is 53.5 cm³/mol. The van der Waals surface area contributed by atoms with Gasteiger partial charge in [0.05, 0.1) is 12.2 Å². The lowest BCUT2D eigenvalue weighted by molar-refractivity contribution is 0.209. The number of halogens is 1. The summed E-state index contributed by atoms with van der Waals surface area (Å²) in [5.41, 5.74) is 0. The molecule has 1 aromatic rings. The molecule has 1 fully saturated rings. The van der Waals surface area contributed by atoms with Gasteiger partial charge in [0.2, 0.25) is 0 Å². The van der Waals surface area contributed by atoms with Crippen molar-refractivity contribution in [3.63, 3.8) is 0 Å². The number of hydrogen-bond acceptors (Lipinski definition) is 3. The van der Waals surface area contributed by atoms with Gasteiger partial charge in [-0.15, -0.1) is 5.10 Å². The predicted octanol–water partition coefficient (Wildman–Crippen LogP) is 1.31. The Morgan fingerprint density at radius 3 is 2.69 bits per heavy atom. The van der Waals surface area contributed by atoms with E-state index in [1.807, 2.05) is 4.68 Å². The summed E-state index contributed by atoms with van der Waals surface area (Å²) in [7, 11) is 2.16. The van der Waals surface area contributed by atoms with Crippen LogP contribution in [0.2, 0.25) is 0 Å². The molecule has 72 valence electrons. The first-order valence-electron chi connectivity index (χ1n) is 4.51. The molecule has 0 amide bonds. The van der Waals surface area contributed by atoms with Gasteiger partial charge in [-0.05, 0) is 48.9 Å². The number of aromatic nitrogens is 3. The van der Waals surface area contributed by atoms with Gasteiger partial charge in [-0.25, -0.2) is 4.68 Å². The van der Waals surface area contributed by atoms with Crippen molar-refractivity contribution in [1.82, 2.24) is 19.9 Å². The number of hydrogen-bond donors (Lipinski definition) is 0. The van der Waals surface area contributed by atoms with Crippen molar-refractivity contribution in [3.8, 4) is 0 Å². The summed E-state index contributed by atoms with van der Waals surface area (Å²) in [5, 5.41) is 7.93. The lowest BCUT2D eigenvalue weighted by Gasteiger charge is -2.28. The molecule has 1 aliphatic rings. The van der Waals surface area contributed by atoms with E-state index in [9.17, 15) is 0 Å². The quantitative estimate of drug-likeness (QED) is 0.748. The van der Waals surface area contributed by atoms with E-state index < -0.39 is 0 Å². The third-order valence-electron chi connectivity index (χ3n) is 2.57. The SMILES string of the molecule is CN1CCC(n2nncc2Br)CC1. The van der Waals surface area contributed by atoms with E-state index in [0.29, 0.717) is 6.04 Å². The standard InChI is InChI=1S/C8H13BrN4/c1-12-4-2-7(3-5-12)13-8(9)6-10-11-13/h6-7H,2-5H2,1H3. The normalized spacial score (nSPS) is 20.8. The Kier molecular flexibility index (Phi) is 2.64. The number of likely N-dealkylation sites (tertiary alicyclic amines) is 1. The van der Waals surface area contributed by atoms with Gasteiger partial charge in [0.15, 0.2) is 0 Å². The first-order chi connectivity index (χ1) is 6.27. The molecule has 0 radical (unpaired) electrons. The molecule has 5 heteroatoms. The molecule has 0 saturated carbocycles. The van der Waals surface area contributed by atoms with Crippen LogP contribution in [0.3, 0.4) is 0 Å². The van der Waals surface area contributed by atoms with Gasteiger partial charge >= 0.3 is 0 Å². The molecule has 4 nitrogen and oxygen atoms in total. The highest BCUT2D eigenvalue weighted by atomic mass is 79.9. The van der Waals surface area contributed by atoms with Crippen LogP contribution in [-0.4, -0.2) is 40.0 Å². The summed E-state index contributed by atoms with van der Waals surface area (Å²) in [6.07, 6.45) is 4.08. The molecule has 1 saturated heterocycles. The van der Waals surface area contributed by atoms with Crippen molar-refractivity contribution in [2.75, 3.05) is 20.1 Å². The Labute approximate surface area is 86.0 Å². The van der Waals surface area contributed by atoms with Crippen LogP contribution in [0.1, 0.15) is 18.9 Å². The Morgan fingerprint density at radius 1 is 1.46 bits per heavy atom. The molecule has 2 heterocycles. The van der Waals surface area contributed by atoms with Crippen molar-refractivity contribution < 1.29 is 0 Å². The zero-order valence-corrected chi connectivity index (χ0v) is 9.24. The summed E-state index contributed by atoms with van der Waals surface area (Å²) in [6, 6.07) is 0.521. The van der Waals surface area contributed by atoms with Crippen molar-refractivity contribution >= 4 is 15.9 Å².